The zero-order valence-corrected chi connectivity index (χ0v) is 13.5. The molecular weight excluding hydrogens is 318 g/mol. The molecule has 0 aliphatic rings. The Kier molecular flexibility index (Phi) is 4.60. The maximum Gasteiger partial charge on any atom is 0.271 e. The van der Waals surface area contributed by atoms with Crippen molar-refractivity contribution >= 4 is 21.8 Å². The van der Waals surface area contributed by atoms with E-state index in [-0.39, 0.29) is 11.9 Å². The quantitative estimate of drug-likeness (QED) is 0.860. The summed E-state index contributed by atoms with van der Waals surface area (Å²) in [6.07, 6.45) is 3.63. The molecule has 5 heteroatoms. The van der Waals surface area contributed by atoms with Crippen molar-refractivity contribution in [3.8, 4) is 0 Å². The lowest BCUT2D eigenvalue weighted by Crippen LogP contribution is -2.37. The van der Waals surface area contributed by atoms with Gasteiger partial charge in [0.25, 0.3) is 5.91 Å². The Morgan fingerprint density at radius 3 is 2.70 bits per heavy atom. The van der Waals surface area contributed by atoms with Crippen molar-refractivity contribution in [3.05, 3.63) is 52.5 Å². The van der Waals surface area contributed by atoms with Crippen molar-refractivity contribution in [2.24, 2.45) is 7.05 Å². The molecule has 20 heavy (non-hydrogen) atoms. The van der Waals surface area contributed by atoms with Crippen LogP contribution in [-0.2, 0) is 13.6 Å². The molecule has 2 aromatic rings. The van der Waals surface area contributed by atoms with Crippen LogP contribution in [0.4, 0.5) is 0 Å². The molecule has 0 spiro atoms. The van der Waals surface area contributed by atoms with E-state index in [2.05, 4.69) is 20.9 Å². The molecule has 2 rings (SSSR count). The average Bonchev–Trinajstić information content (AvgIpc) is 2.75. The van der Waals surface area contributed by atoms with Gasteiger partial charge in [-0.15, -0.1) is 0 Å². The van der Waals surface area contributed by atoms with E-state index in [1.54, 1.807) is 6.20 Å². The van der Waals surface area contributed by atoms with Gasteiger partial charge in [0.05, 0.1) is 12.2 Å². The first-order chi connectivity index (χ1) is 9.49. The van der Waals surface area contributed by atoms with E-state index in [1.165, 1.54) is 0 Å². The fraction of sp³-hybridized carbons (Fsp3) is 0.333. The van der Waals surface area contributed by atoms with Crippen LogP contribution in [0.5, 0.6) is 0 Å². The monoisotopic (exact) mass is 335 g/mol. The number of halogens is 1. The minimum Gasteiger partial charge on any atom is -0.345 e. The Bertz CT molecular complexity index is 592. The molecule has 2 aromatic heterocycles. The number of amides is 1. The Hall–Kier alpha value is -1.62. The van der Waals surface area contributed by atoms with Gasteiger partial charge in [0.15, 0.2) is 0 Å². The number of hydrogen-bond acceptors (Lipinski definition) is 2. The number of carbonyl (C=O) groups is 1. The molecule has 0 radical (unpaired) electrons. The first-order valence-electron chi connectivity index (χ1n) is 6.51. The van der Waals surface area contributed by atoms with Crippen LogP contribution in [0.3, 0.4) is 0 Å². The standard InChI is InChI=1S/C15H18BrN3O/c1-11(2)19(10-13-6-4-5-7-17-13)15(20)14-8-12(16)9-18(14)3/h4-9,11H,10H2,1-3H3. The highest BCUT2D eigenvalue weighted by molar-refractivity contribution is 9.10. The summed E-state index contributed by atoms with van der Waals surface area (Å²) >= 11 is 3.40. The number of rotatable bonds is 4. The molecule has 106 valence electrons. The summed E-state index contributed by atoms with van der Waals surface area (Å²) in [4.78, 5) is 18.8. The third-order valence-corrected chi connectivity index (χ3v) is 3.57. The summed E-state index contributed by atoms with van der Waals surface area (Å²) in [7, 11) is 1.87. The van der Waals surface area contributed by atoms with Crippen LogP contribution in [0.2, 0.25) is 0 Å². The summed E-state index contributed by atoms with van der Waals surface area (Å²) in [5.41, 5.74) is 1.56. The molecule has 0 aromatic carbocycles. The highest BCUT2D eigenvalue weighted by Crippen LogP contribution is 2.17. The molecule has 0 fully saturated rings. The van der Waals surface area contributed by atoms with Gasteiger partial charge in [-0.2, -0.15) is 0 Å². The van der Waals surface area contributed by atoms with E-state index in [0.29, 0.717) is 12.2 Å². The summed E-state index contributed by atoms with van der Waals surface area (Å²) in [6, 6.07) is 7.70. The lowest BCUT2D eigenvalue weighted by molar-refractivity contribution is 0.0678. The fourth-order valence-electron chi connectivity index (χ4n) is 2.04. The van der Waals surface area contributed by atoms with Gasteiger partial charge in [-0.25, -0.2) is 0 Å². The maximum absolute atomic E-state index is 12.7. The van der Waals surface area contributed by atoms with Crippen LogP contribution in [0.1, 0.15) is 30.0 Å². The molecule has 2 heterocycles. The largest absolute Gasteiger partial charge is 0.345 e. The first kappa shape index (κ1) is 14.8. The van der Waals surface area contributed by atoms with Crippen LogP contribution in [0.15, 0.2) is 41.1 Å². The van der Waals surface area contributed by atoms with Gasteiger partial charge in [-0.3, -0.25) is 9.78 Å². The van der Waals surface area contributed by atoms with E-state index in [4.69, 9.17) is 0 Å². The molecule has 0 unspecified atom stereocenters. The second-order valence-electron chi connectivity index (χ2n) is 5.00. The van der Waals surface area contributed by atoms with Gasteiger partial charge in [-0.1, -0.05) is 6.07 Å². The Labute approximate surface area is 127 Å². The molecule has 0 N–H and O–H groups in total. The van der Waals surface area contributed by atoms with E-state index in [9.17, 15) is 4.79 Å². The van der Waals surface area contributed by atoms with Gasteiger partial charge in [0, 0.05) is 30.0 Å². The van der Waals surface area contributed by atoms with Gasteiger partial charge in [-0.05, 0) is 48.0 Å². The number of pyridine rings is 1. The first-order valence-corrected chi connectivity index (χ1v) is 7.31. The molecule has 0 aliphatic carbocycles. The molecule has 4 nitrogen and oxygen atoms in total. The minimum atomic E-state index is 0.0128. The van der Waals surface area contributed by atoms with E-state index in [1.807, 2.05) is 60.8 Å². The van der Waals surface area contributed by atoms with Crippen LogP contribution in [0, 0.1) is 0 Å². The number of aryl methyl sites for hydroxylation is 1. The van der Waals surface area contributed by atoms with Gasteiger partial charge < -0.3 is 9.47 Å². The van der Waals surface area contributed by atoms with Crippen molar-refractivity contribution in [1.29, 1.82) is 0 Å². The van der Waals surface area contributed by atoms with Crippen LogP contribution in [-0.4, -0.2) is 26.4 Å². The Balaban J connectivity index is 2.25. The minimum absolute atomic E-state index is 0.0128. The predicted octanol–water partition coefficient (Wildman–Crippen LogP) is 3.23. The summed E-state index contributed by atoms with van der Waals surface area (Å²) in [5, 5.41) is 0. The van der Waals surface area contributed by atoms with E-state index >= 15 is 0 Å². The molecule has 0 bridgehead atoms. The van der Waals surface area contributed by atoms with E-state index in [0.717, 1.165) is 10.2 Å². The topological polar surface area (TPSA) is 38.1 Å². The van der Waals surface area contributed by atoms with Crippen LogP contribution < -0.4 is 0 Å². The smallest absolute Gasteiger partial charge is 0.271 e. The van der Waals surface area contributed by atoms with Gasteiger partial charge >= 0.3 is 0 Å². The Morgan fingerprint density at radius 1 is 1.45 bits per heavy atom. The molecule has 0 aliphatic heterocycles. The summed E-state index contributed by atoms with van der Waals surface area (Å²) in [6.45, 7) is 4.54. The number of hydrogen-bond donors (Lipinski definition) is 0. The SMILES string of the molecule is CC(C)N(Cc1ccccn1)C(=O)c1cc(Br)cn1C. The molecule has 0 saturated heterocycles. The fourth-order valence-corrected chi connectivity index (χ4v) is 2.56. The van der Waals surface area contributed by atoms with Crippen molar-refractivity contribution in [1.82, 2.24) is 14.5 Å². The van der Waals surface area contributed by atoms with Crippen LogP contribution in [0.25, 0.3) is 0 Å². The van der Waals surface area contributed by atoms with Crippen molar-refractivity contribution in [2.75, 3.05) is 0 Å². The van der Waals surface area contributed by atoms with Crippen molar-refractivity contribution < 1.29 is 4.79 Å². The summed E-state index contributed by atoms with van der Waals surface area (Å²) < 4.78 is 2.74. The third kappa shape index (κ3) is 3.28. The highest BCUT2D eigenvalue weighted by atomic mass is 79.9. The number of nitrogens with zero attached hydrogens (tertiary/aromatic N) is 3. The van der Waals surface area contributed by atoms with Crippen molar-refractivity contribution in [2.45, 2.75) is 26.4 Å². The highest BCUT2D eigenvalue weighted by Gasteiger charge is 2.22. The molecule has 1 amide bonds. The summed E-state index contributed by atoms with van der Waals surface area (Å²) in [5.74, 6) is 0.0128. The van der Waals surface area contributed by atoms with Gasteiger partial charge in [0.2, 0.25) is 0 Å². The zero-order chi connectivity index (χ0) is 14.7. The second kappa shape index (κ2) is 6.22. The number of aromatic nitrogens is 2. The maximum atomic E-state index is 12.7. The Morgan fingerprint density at radius 2 is 2.20 bits per heavy atom. The predicted molar refractivity (Wildman–Crippen MR) is 82.4 cm³/mol. The normalized spacial score (nSPS) is 10.8. The molecule has 0 saturated carbocycles. The second-order valence-corrected chi connectivity index (χ2v) is 5.92. The van der Waals surface area contributed by atoms with E-state index < -0.39 is 0 Å². The third-order valence-electron chi connectivity index (χ3n) is 3.13. The van der Waals surface area contributed by atoms with Crippen LogP contribution >= 0.6 is 15.9 Å². The van der Waals surface area contributed by atoms with Gasteiger partial charge in [0.1, 0.15) is 5.69 Å². The lowest BCUT2D eigenvalue weighted by Gasteiger charge is -2.26. The lowest BCUT2D eigenvalue weighted by atomic mass is 10.2. The van der Waals surface area contributed by atoms with Crippen molar-refractivity contribution in [3.63, 3.8) is 0 Å². The zero-order valence-electron chi connectivity index (χ0n) is 11.9. The number of carbonyl (C=O) groups excluding carboxylic acids is 1. The molecule has 0 atom stereocenters. The molecular formula is C15H18BrN3O. The average molecular weight is 336 g/mol.